The predicted molar refractivity (Wildman–Crippen MR) is 111 cm³/mol. The fraction of sp³-hybridized carbons (Fsp3) is 0.381. The molecule has 30 heavy (non-hydrogen) atoms. The van der Waals surface area contributed by atoms with E-state index < -0.39 is 4.92 Å². The van der Waals surface area contributed by atoms with Crippen LogP contribution in [-0.2, 0) is 11.3 Å². The summed E-state index contributed by atoms with van der Waals surface area (Å²) in [4.78, 5) is 27.1. The van der Waals surface area contributed by atoms with Crippen molar-refractivity contribution in [1.29, 1.82) is 0 Å². The maximum Gasteiger partial charge on any atom is 0.291 e. The number of nitro benzene ring substituents is 1. The number of rotatable bonds is 6. The smallest absolute Gasteiger partial charge is 0.291 e. The summed E-state index contributed by atoms with van der Waals surface area (Å²) in [6, 6.07) is 10.6. The first-order chi connectivity index (χ1) is 14.2. The largest absolute Gasteiger partial charge is 0.484 e. The summed E-state index contributed by atoms with van der Waals surface area (Å²) in [5.74, 6) is -0.231. The summed E-state index contributed by atoms with van der Waals surface area (Å²) < 4.78 is 18.6. The van der Waals surface area contributed by atoms with E-state index in [1.807, 2.05) is 13.8 Å². The molecule has 0 aliphatic carbocycles. The minimum Gasteiger partial charge on any atom is -0.484 e. The van der Waals surface area contributed by atoms with Gasteiger partial charge in [0, 0.05) is 31.7 Å². The number of nitro groups is 1. The summed E-state index contributed by atoms with van der Waals surface area (Å²) in [6.07, 6.45) is 0. The topological polar surface area (TPSA) is 75.9 Å². The molecule has 1 heterocycles. The lowest BCUT2D eigenvalue weighted by atomic mass is 10.1. The highest BCUT2D eigenvalue weighted by molar-refractivity contribution is 6.32. The Morgan fingerprint density at radius 1 is 1.20 bits per heavy atom. The molecule has 9 heteroatoms. The molecule has 1 saturated heterocycles. The number of piperazine rings is 1. The molecule has 0 unspecified atom stereocenters. The van der Waals surface area contributed by atoms with E-state index in [0.717, 1.165) is 5.56 Å². The first kappa shape index (κ1) is 22.0. The summed E-state index contributed by atoms with van der Waals surface area (Å²) in [5, 5.41) is 11.0. The zero-order valence-corrected chi connectivity index (χ0v) is 17.5. The minimum absolute atomic E-state index is 0.0124. The Kier molecular flexibility index (Phi) is 6.89. The number of hydrogen-bond donors (Lipinski definition) is 0. The van der Waals surface area contributed by atoms with Gasteiger partial charge in [-0.15, -0.1) is 0 Å². The third-order valence-corrected chi connectivity index (χ3v) is 5.53. The lowest BCUT2D eigenvalue weighted by Gasteiger charge is -2.44. The standard InChI is InChI=1S/C21H23ClFN3O4/c1-14-11-25(15(2)10-24(14)12-16-3-5-17(23)6-4-16)21(27)13-30-18-7-8-19(22)20(9-18)26(28)29/h3-9,14-15H,10-13H2,1-2H3/t14-,15+/m0/s1. The van der Waals surface area contributed by atoms with Crippen molar-refractivity contribution in [3.63, 3.8) is 0 Å². The lowest BCUT2D eigenvalue weighted by molar-refractivity contribution is -0.384. The molecule has 1 fully saturated rings. The van der Waals surface area contributed by atoms with Gasteiger partial charge >= 0.3 is 0 Å². The number of ether oxygens (including phenoxy) is 1. The molecule has 0 bridgehead atoms. The van der Waals surface area contributed by atoms with E-state index in [1.54, 1.807) is 17.0 Å². The van der Waals surface area contributed by atoms with Gasteiger partial charge in [0.05, 0.1) is 11.0 Å². The fourth-order valence-electron chi connectivity index (χ4n) is 3.54. The summed E-state index contributed by atoms with van der Waals surface area (Å²) in [5.41, 5.74) is 0.751. The molecule has 0 radical (unpaired) electrons. The van der Waals surface area contributed by atoms with Crippen LogP contribution in [0, 0.1) is 15.9 Å². The molecule has 1 aliphatic heterocycles. The Balaban J connectivity index is 1.58. The third-order valence-electron chi connectivity index (χ3n) is 5.21. The number of amides is 1. The maximum atomic E-state index is 13.1. The Morgan fingerprint density at radius 3 is 2.57 bits per heavy atom. The van der Waals surface area contributed by atoms with Gasteiger partial charge in [-0.25, -0.2) is 4.39 Å². The van der Waals surface area contributed by atoms with E-state index in [4.69, 9.17) is 16.3 Å². The Bertz CT molecular complexity index is 925. The Morgan fingerprint density at radius 2 is 1.90 bits per heavy atom. The molecule has 0 N–H and O–H groups in total. The van der Waals surface area contributed by atoms with Crippen LogP contribution in [0.5, 0.6) is 5.75 Å². The predicted octanol–water partition coefficient (Wildman–Crippen LogP) is 3.89. The van der Waals surface area contributed by atoms with Crippen LogP contribution in [0.25, 0.3) is 0 Å². The summed E-state index contributed by atoms with van der Waals surface area (Å²) >= 11 is 5.79. The molecule has 1 aliphatic rings. The van der Waals surface area contributed by atoms with Crippen molar-refractivity contribution < 1.29 is 18.8 Å². The van der Waals surface area contributed by atoms with Crippen molar-refractivity contribution in [3.05, 3.63) is 69.0 Å². The van der Waals surface area contributed by atoms with Crippen LogP contribution in [0.1, 0.15) is 19.4 Å². The van der Waals surface area contributed by atoms with Crippen molar-refractivity contribution in [2.45, 2.75) is 32.5 Å². The van der Waals surface area contributed by atoms with Crippen molar-refractivity contribution in [3.8, 4) is 5.75 Å². The van der Waals surface area contributed by atoms with E-state index in [-0.39, 0.29) is 46.9 Å². The number of carbonyl (C=O) groups is 1. The Labute approximate surface area is 179 Å². The molecule has 7 nitrogen and oxygen atoms in total. The summed E-state index contributed by atoms with van der Waals surface area (Å²) in [6.45, 7) is 5.68. The Hall–Kier alpha value is -2.71. The van der Waals surface area contributed by atoms with Crippen molar-refractivity contribution in [2.75, 3.05) is 19.7 Å². The molecule has 0 saturated carbocycles. The van der Waals surface area contributed by atoms with Gasteiger partial charge in [-0.1, -0.05) is 23.7 Å². The second-order valence-electron chi connectivity index (χ2n) is 7.46. The maximum absolute atomic E-state index is 13.1. The molecule has 2 aromatic carbocycles. The van der Waals surface area contributed by atoms with Gasteiger partial charge in [-0.05, 0) is 43.7 Å². The van der Waals surface area contributed by atoms with Crippen molar-refractivity contribution in [1.82, 2.24) is 9.80 Å². The quantitative estimate of drug-likeness (QED) is 0.508. The molecule has 2 aromatic rings. The SMILES string of the molecule is C[C@@H]1CN(Cc2ccc(F)cc2)[C@@H](C)CN1C(=O)COc1ccc(Cl)c([N+](=O)[O-])c1. The number of halogens is 2. The average Bonchev–Trinajstić information content (AvgIpc) is 2.71. The normalized spacial score (nSPS) is 19.5. The van der Waals surface area contributed by atoms with Crippen LogP contribution < -0.4 is 4.74 Å². The van der Waals surface area contributed by atoms with Gasteiger partial charge in [-0.3, -0.25) is 19.8 Å². The highest BCUT2D eigenvalue weighted by atomic mass is 35.5. The second-order valence-corrected chi connectivity index (χ2v) is 7.87. The molecule has 3 rings (SSSR count). The van der Waals surface area contributed by atoms with E-state index in [1.165, 1.54) is 30.3 Å². The minimum atomic E-state index is -0.596. The highest BCUT2D eigenvalue weighted by Gasteiger charge is 2.32. The van der Waals surface area contributed by atoms with Gasteiger partial charge in [0.2, 0.25) is 0 Å². The molecule has 160 valence electrons. The van der Waals surface area contributed by atoms with E-state index >= 15 is 0 Å². The number of nitrogens with zero attached hydrogens (tertiary/aromatic N) is 3. The molecular formula is C21H23ClFN3O4. The van der Waals surface area contributed by atoms with Gasteiger partial charge < -0.3 is 9.64 Å². The van der Waals surface area contributed by atoms with Gasteiger partial charge in [-0.2, -0.15) is 0 Å². The second kappa shape index (κ2) is 9.40. The zero-order valence-electron chi connectivity index (χ0n) is 16.8. The first-order valence-corrected chi connectivity index (χ1v) is 9.97. The number of carbonyl (C=O) groups excluding carboxylic acids is 1. The molecule has 2 atom stereocenters. The fourth-order valence-corrected chi connectivity index (χ4v) is 3.73. The van der Waals surface area contributed by atoms with Crippen LogP contribution >= 0.6 is 11.6 Å². The van der Waals surface area contributed by atoms with Crippen LogP contribution in [0.3, 0.4) is 0 Å². The van der Waals surface area contributed by atoms with Gasteiger partial charge in [0.1, 0.15) is 16.6 Å². The molecule has 0 spiro atoms. The zero-order chi connectivity index (χ0) is 21.8. The van der Waals surface area contributed by atoms with E-state index in [0.29, 0.717) is 19.6 Å². The highest BCUT2D eigenvalue weighted by Crippen LogP contribution is 2.28. The molecule has 1 amide bonds. The van der Waals surface area contributed by atoms with E-state index in [2.05, 4.69) is 4.90 Å². The van der Waals surface area contributed by atoms with Gasteiger partial charge in [0.25, 0.3) is 11.6 Å². The van der Waals surface area contributed by atoms with Crippen LogP contribution in [0.4, 0.5) is 10.1 Å². The third kappa shape index (κ3) is 5.25. The molecular weight excluding hydrogens is 413 g/mol. The summed E-state index contributed by atoms with van der Waals surface area (Å²) in [7, 11) is 0. The van der Waals surface area contributed by atoms with Crippen LogP contribution in [0.2, 0.25) is 5.02 Å². The van der Waals surface area contributed by atoms with E-state index in [9.17, 15) is 19.3 Å². The van der Waals surface area contributed by atoms with Crippen molar-refractivity contribution in [2.24, 2.45) is 0 Å². The number of hydrogen-bond acceptors (Lipinski definition) is 5. The van der Waals surface area contributed by atoms with Crippen LogP contribution in [0.15, 0.2) is 42.5 Å². The first-order valence-electron chi connectivity index (χ1n) is 9.59. The molecule has 0 aromatic heterocycles. The monoisotopic (exact) mass is 435 g/mol. The van der Waals surface area contributed by atoms with Gasteiger partial charge in [0.15, 0.2) is 6.61 Å². The van der Waals surface area contributed by atoms with Crippen molar-refractivity contribution >= 4 is 23.2 Å². The lowest BCUT2D eigenvalue weighted by Crippen LogP contribution is -2.58. The number of benzene rings is 2. The van der Waals surface area contributed by atoms with Crippen LogP contribution in [-0.4, -0.2) is 52.4 Å². The average molecular weight is 436 g/mol.